The van der Waals surface area contributed by atoms with Gasteiger partial charge in [0.25, 0.3) is 0 Å². The Bertz CT molecular complexity index is 612. The van der Waals surface area contributed by atoms with Crippen molar-refractivity contribution in [3.05, 3.63) is 35.6 Å². The number of carbonyl (C=O) groups is 1. The van der Waals surface area contributed by atoms with Crippen molar-refractivity contribution in [1.82, 2.24) is 10.2 Å². The van der Waals surface area contributed by atoms with Crippen molar-refractivity contribution in [3.8, 4) is 0 Å². The van der Waals surface area contributed by atoms with Crippen LogP contribution in [-0.4, -0.2) is 43.4 Å². The van der Waals surface area contributed by atoms with E-state index in [0.717, 1.165) is 37.5 Å². The smallest absolute Gasteiger partial charge is 0.217 e. The molecule has 1 heterocycles. The molecule has 1 atom stereocenters. The molecule has 0 radical (unpaired) electrons. The Morgan fingerprint density at radius 1 is 1.40 bits per heavy atom. The van der Waals surface area contributed by atoms with Crippen LogP contribution in [0.15, 0.2) is 29.3 Å². The minimum absolute atomic E-state index is 0.161. The van der Waals surface area contributed by atoms with E-state index >= 15 is 0 Å². The summed E-state index contributed by atoms with van der Waals surface area (Å²) in [6.45, 7) is 6.63. The van der Waals surface area contributed by atoms with Crippen molar-refractivity contribution in [2.75, 3.05) is 26.7 Å². The van der Waals surface area contributed by atoms with Gasteiger partial charge in [0.2, 0.25) is 5.91 Å². The molecule has 1 amide bonds. The first-order valence-corrected chi connectivity index (χ1v) is 8.82. The number of nitrogens with two attached hydrogens (primary N) is 1. The number of nitrogens with one attached hydrogen (secondary N) is 1. The summed E-state index contributed by atoms with van der Waals surface area (Å²) >= 11 is 0. The summed E-state index contributed by atoms with van der Waals surface area (Å²) in [6, 6.07) is 6.63. The fraction of sp³-hybridized carbons (Fsp3) is 0.579. The van der Waals surface area contributed by atoms with E-state index in [4.69, 9.17) is 5.73 Å². The van der Waals surface area contributed by atoms with Gasteiger partial charge in [0.1, 0.15) is 5.82 Å². The zero-order chi connectivity index (χ0) is 18.4. The third-order valence-electron chi connectivity index (χ3n) is 4.83. The van der Waals surface area contributed by atoms with E-state index < -0.39 is 0 Å². The highest BCUT2D eigenvalue weighted by Gasteiger charge is 2.26. The van der Waals surface area contributed by atoms with Gasteiger partial charge in [0.15, 0.2) is 5.96 Å². The van der Waals surface area contributed by atoms with Gasteiger partial charge in [-0.2, -0.15) is 0 Å². The summed E-state index contributed by atoms with van der Waals surface area (Å²) in [4.78, 5) is 17.8. The molecule has 0 aliphatic carbocycles. The Morgan fingerprint density at radius 3 is 2.68 bits per heavy atom. The predicted molar refractivity (Wildman–Crippen MR) is 98.9 cm³/mol. The second-order valence-electron chi connectivity index (χ2n) is 7.42. The molecular formula is C19H29FN4O. The van der Waals surface area contributed by atoms with Crippen molar-refractivity contribution in [2.24, 2.45) is 16.6 Å². The number of carbonyl (C=O) groups excluding carboxylic acids is 1. The molecule has 0 saturated carbocycles. The van der Waals surface area contributed by atoms with Gasteiger partial charge in [-0.3, -0.25) is 9.79 Å². The molecule has 3 N–H and O–H groups in total. The van der Waals surface area contributed by atoms with Gasteiger partial charge in [-0.05, 0) is 36.5 Å². The normalized spacial score (nSPS) is 19.0. The number of nitrogens with zero attached hydrogens (tertiary/aromatic N) is 2. The van der Waals surface area contributed by atoms with Gasteiger partial charge < -0.3 is 16.0 Å². The lowest BCUT2D eigenvalue weighted by Gasteiger charge is -2.36. The maximum Gasteiger partial charge on any atom is 0.217 e. The van der Waals surface area contributed by atoms with Gasteiger partial charge >= 0.3 is 0 Å². The van der Waals surface area contributed by atoms with E-state index in [0.29, 0.717) is 13.0 Å². The Labute approximate surface area is 149 Å². The third kappa shape index (κ3) is 5.44. The average molecular weight is 348 g/mol. The number of amides is 1. The fourth-order valence-electron chi connectivity index (χ4n) is 3.34. The molecule has 25 heavy (non-hydrogen) atoms. The van der Waals surface area contributed by atoms with Crippen LogP contribution >= 0.6 is 0 Å². The van der Waals surface area contributed by atoms with Crippen LogP contribution in [0.25, 0.3) is 0 Å². The number of hydrogen-bond acceptors (Lipinski definition) is 2. The van der Waals surface area contributed by atoms with Crippen LogP contribution in [0.2, 0.25) is 0 Å². The number of benzene rings is 1. The molecule has 1 aliphatic heterocycles. The molecule has 1 saturated heterocycles. The zero-order valence-corrected chi connectivity index (χ0v) is 15.4. The van der Waals surface area contributed by atoms with Crippen molar-refractivity contribution < 1.29 is 9.18 Å². The minimum atomic E-state index is -0.243. The molecule has 5 nitrogen and oxygen atoms in total. The first-order chi connectivity index (χ1) is 11.8. The highest BCUT2D eigenvalue weighted by atomic mass is 19.1. The Hall–Kier alpha value is -2.11. The fourth-order valence-corrected chi connectivity index (χ4v) is 3.34. The van der Waals surface area contributed by atoms with E-state index in [1.165, 1.54) is 12.1 Å². The molecule has 1 aromatic rings. The van der Waals surface area contributed by atoms with Crippen molar-refractivity contribution in [2.45, 2.75) is 38.5 Å². The van der Waals surface area contributed by atoms with Crippen LogP contribution in [0, 0.1) is 11.7 Å². The Morgan fingerprint density at radius 2 is 2.08 bits per heavy atom. The van der Waals surface area contributed by atoms with Crippen LogP contribution < -0.4 is 11.1 Å². The van der Waals surface area contributed by atoms with Crippen molar-refractivity contribution in [1.29, 1.82) is 0 Å². The summed E-state index contributed by atoms with van der Waals surface area (Å²) in [7, 11) is 1.77. The van der Waals surface area contributed by atoms with Gasteiger partial charge in [-0.1, -0.05) is 26.0 Å². The largest absolute Gasteiger partial charge is 0.370 e. The van der Waals surface area contributed by atoms with Crippen LogP contribution in [0.1, 0.15) is 38.7 Å². The molecule has 0 spiro atoms. The van der Waals surface area contributed by atoms with Gasteiger partial charge in [0, 0.05) is 38.5 Å². The summed E-state index contributed by atoms with van der Waals surface area (Å²) in [5.74, 6) is 0.656. The van der Waals surface area contributed by atoms with Gasteiger partial charge in [0.05, 0.1) is 0 Å². The summed E-state index contributed by atoms with van der Waals surface area (Å²) in [5.41, 5.74) is 6.25. The average Bonchev–Trinajstić information content (AvgIpc) is 2.55. The molecule has 0 bridgehead atoms. The molecule has 0 aromatic heterocycles. The van der Waals surface area contributed by atoms with Crippen LogP contribution in [-0.2, 0) is 10.2 Å². The molecule has 2 rings (SSSR count). The zero-order valence-electron chi connectivity index (χ0n) is 15.4. The van der Waals surface area contributed by atoms with Crippen molar-refractivity contribution >= 4 is 11.9 Å². The minimum Gasteiger partial charge on any atom is -0.370 e. The highest BCUT2D eigenvalue weighted by Crippen LogP contribution is 2.23. The quantitative estimate of drug-likeness (QED) is 0.633. The van der Waals surface area contributed by atoms with Crippen molar-refractivity contribution in [3.63, 3.8) is 0 Å². The second-order valence-corrected chi connectivity index (χ2v) is 7.42. The summed E-state index contributed by atoms with van der Waals surface area (Å²) in [5, 5.41) is 3.43. The number of rotatable bonds is 5. The van der Waals surface area contributed by atoms with E-state index in [1.54, 1.807) is 7.05 Å². The molecule has 138 valence electrons. The van der Waals surface area contributed by atoms with Crippen LogP contribution in [0.3, 0.4) is 0 Å². The second kappa shape index (κ2) is 8.32. The van der Waals surface area contributed by atoms with Gasteiger partial charge in [-0.15, -0.1) is 0 Å². The molecule has 1 aromatic carbocycles. The lowest BCUT2D eigenvalue weighted by molar-refractivity contribution is -0.119. The lowest BCUT2D eigenvalue weighted by Crippen LogP contribution is -2.49. The summed E-state index contributed by atoms with van der Waals surface area (Å²) in [6.07, 6.45) is 2.48. The van der Waals surface area contributed by atoms with Crippen LogP contribution in [0.5, 0.6) is 0 Å². The maximum absolute atomic E-state index is 13.1. The summed E-state index contributed by atoms with van der Waals surface area (Å²) < 4.78 is 13.1. The number of hydrogen-bond donors (Lipinski definition) is 2. The topological polar surface area (TPSA) is 70.7 Å². The third-order valence-corrected chi connectivity index (χ3v) is 4.83. The molecule has 1 aliphatic rings. The van der Waals surface area contributed by atoms with Crippen LogP contribution in [0.4, 0.5) is 4.39 Å². The number of guanidine groups is 1. The molecule has 1 unspecified atom stereocenters. The number of piperidine rings is 1. The molecular weight excluding hydrogens is 319 g/mol. The Balaban J connectivity index is 1.97. The number of halogens is 1. The standard InChI is InChI=1S/C19H29FN4O/c1-19(2,15-6-8-16(20)9-7-15)13-23-18(22-3)24-10-4-5-14(12-24)11-17(21)25/h6-9,14H,4-5,10-13H2,1-3H3,(H2,21,25)(H,22,23). The maximum atomic E-state index is 13.1. The number of aliphatic imine (C=N–C) groups is 1. The van der Waals surface area contributed by atoms with E-state index in [2.05, 4.69) is 29.1 Å². The molecule has 6 heteroatoms. The number of primary amides is 1. The molecule has 1 fully saturated rings. The van der Waals surface area contributed by atoms with E-state index in [-0.39, 0.29) is 23.1 Å². The monoisotopic (exact) mass is 348 g/mol. The first kappa shape index (κ1) is 19.2. The van der Waals surface area contributed by atoms with E-state index in [9.17, 15) is 9.18 Å². The predicted octanol–water partition coefficient (Wildman–Crippen LogP) is 2.27. The van der Waals surface area contributed by atoms with E-state index in [1.807, 2.05) is 12.1 Å². The Kier molecular flexibility index (Phi) is 6.39. The first-order valence-electron chi connectivity index (χ1n) is 8.82. The SMILES string of the molecule is CN=C(NCC(C)(C)c1ccc(F)cc1)N1CCCC(CC(N)=O)C1. The number of likely N-dealkylation sites (tertiary alicyclic amines) is 1. The lowest BCUT2D eigenvalue weighted by atomic mass is 9.84. The van der Waals surface area contributed by atoms with Gasteiger partial charge in [-0.25, -0.2) is 4.39 Å². The highest BCUT2D eigenvalue weighted by molar-refractivity contribution is 5.80.